The van der Waals surface area contributed by atoms with Crippen LogP contribution in [0.1, 0.15) is 56.8 Å². The number of nitrogens with zero attached hydrogens (tertiary/aromatic N) is 3. The van der Waals surface area contributed by atoms with Crippen molar-refractivity contribution in [3.63, 3.8) is 0 Å². The number of rotatable bonds is 2. The van der Waals surface area contributed by atoms with Gasteiger partial charge >= 0.3 is 6.09 Å². The summed E-state index contributed by atoms with van der Waals surface area (Å²) in [6.07, 6.45) is 4.41. The lowest BCUT2D eigenvalue weighted by Gasteiger charge is -2.41. The Balaban J connectivity index is 1.48. The van der Waals surface area contributed by atoms with Crippen molar-refractivity contribution in [3.05, 3.63) is 23.5 Å². The van der Waals surface area contributed by atoms with Crippen LogP contribution in [0.4, 0.5) is 10.5 Å². The molecule has 0 aromatic carbocycles. The second-order valence-electron chi connectivity index (χ2n) is 8.50. The number of pyridine rings is 1. The van der Waals surface area contributed by atoms with Gasteiger partial charge in [-0.3, -0.25) is 14.7 Å². The van der Waals surface area contributed by atoms with Gasteiger partial charge in [0.05, 0.1) is 16.8 Å². The quantitative estimate of drug-likeness (QED) is 0.816. The average Bonchev–Trinajstić information content (AvgIpc) is 2.85. The third kappa shape index (κ3) is 3.15. The molecule has 28 heavy (non-hydrogen) atoms. The predicted molar refractivity (Wildman–Crippen MR) is 107 cm³/mol. The minimum Gasteiger partial charge on any atom is -0.465 e. The molecule has 0 radical (unpaired) electrons. The zero-order valence-corrected chi connectivity index (χ0v) is 16.8. The fourth-order valence-electron chi connectivity index (χ4n) is 5.32. The largest absolute Gasteiger partial charge is 0.465 e. The highest BCUT2D eigenvalue weighted by Gasteiger charge is 2.50. The summed E-state index contributed by atoms with van der Waals surface area (Å²) < 4.78 is 0. The van der Waals surface area contributed by atoms with Gasteiger partial charge in [-0.15, -0.1) is 0 Å². The van der Waals surface area contributed by atoms with Crippen LogP contribution in [0.5, 0.6) is 0 Å². The SMILES string of the molecule is CCC1CN(C2CCC3(CC2)C(=O)Nc2ccc(C)nc23)CCCN1C(=O)O. The van der Waals surface area contributed by atoms with E-state index >= 15 is 0 Å². The van der Waals surface area contributed by atoms with Gasteiger partial charge in [-0.25, -0.2) is 4.79 Å². The normalized spacial score (nSPS) is 30.8. The van der Waals surface area contributed by atoms with E-state index in [2.05, 4.69) is 17.1 Å². The van der Waals surface area contributed by atoms with Crippen LogP contribution in [-0.4, -0.2) is 63.6 Å². The van der Waals surface area contributed by atoms with Crippen LogP contribution in [0.3, 0.4) is 0 Å². The fourth-order valence-corrected chi connectivity index (χ4v) is 5.32. The Labute approximate surface area is 166 Å². The molecule has 2 N–H and O–H groups in total. The molecule has 1 aliphatic carbocycles. The summed E-state index contributed by atoms with van der Waals surface area (Å²) in [5.41, 5.74) is 2.26. The maximum absolute atomic E-state index is 12.8. The highest BCUT2D eigenvalue weighted by atomic mass is 16.4. The number of nitrogens with one attached hydrogen (secondary N) is 1. The van der Waals surface area contributed by atoms with Crippen LogP contribution in [0.25, 0.3) is 0 Å². The van der Waals surface area contributed by atoms with Gasteiger partial charge in [-0.05, 0) is 57.6 Å². The Morgan fingerprint density at radius 3 is 2.75 bits per heavy atom. The molecule has 1 unspecified atom stereocenters. The molecule has 4 rings (SSSR count). The van der Waals surface area contributed by atoms with E-state index in [0.717, 1.165) is 68.7 Å². The van der Waals surface area contributed by atoms with Gasteiger partial charge in [-0.1, -0.05) is 6.92 Å². The van der Waals surface area contributed by atoms with Gasteiger partial charge in [0, 0.05) is 37.4 Å². The average molecular weight is 386 g/mol. The Morgan fingerprint density at radius 2 is 2.07 bits per heavy atom. The molecule has 3 heterocycles. The number of carboxylic acid groups (broad SMARTS) is 1. The first-order valence-corrected chi connectivity index (χ1v) is 10.5. The van der Waals surface area contributed by atoms with Gasteiger partial charge < -0.3 is 15.3 Å². The van der Waals surface area contributed by atoms with Crippen LogP contribution in [0.15, 0.2) is 12.1 Å². The molecule has 1 aromatic heterocycles. The molecule has 0 bridgehead atoms. The van der Waals surface area contributed by atoms with Gasteiger partial charge in [0.25, 0.3) is 0 Å². The molecular formula is C21H30N4O3. The first kappa shape index (κ1) is 19.2. The molecule has 2 aliphatic heterocycles. The third-order valence-corrected chi connectivity index (χ3v) is 6.94. The van der Waals surface area contributed by atoms with E-state index in [9.17, 15) is 14.7 Å². The number of carbonyl (C=O) groups is 2. The highest BCUT2D eigenvalue weighted by Crippen LogP contribution is 2.47. The second-order valence-corrected chi connectivity index (χ2v) is 8.50. The molecule has 1 saturated carbocycles. The first-order valence-electron chi connectivity index (χ1n) is 10.5. The lowest BCUT2D eigenvalue weighted by molar-refractivity contribution is -0.122. The van der Waals surface area contributed by atoms with Crippen molar-refractivity contribution >= 4 is 17.7 Å². The summed E-state index contributed by atoms with van der Waals surface area (Å²) in [6, 6.07) is 4.38. The Bertz CT molecular complexity index is 773. The summed E-state index contributed by atoms with van der Waals surface area (Å²) in [5, 5.41) is 12.5. The summed E-state index contributed by atoms with van der Waals surface area (Å²) in [7, 11) is 0. The molecule has 7 nitrogen and oxygen atoms in total. The van der Waals surface area contributed by atoms with Crippen molar-refractivity contribution in [2.45, 2.75) is 69.9 Å². The Hall–Kier alpha value is -2.15. The molecule has 1 atom stereocenters. The van der Waals surface area contributed by atoms with Crippen molar-refractivity contribution in [3.8, 4) is 0 Å². The number of aromatic nitrogens is 1. The van der Waals surface area contributed by atoms with Gasteiger partial charge in [0.2, 0.25) is 5.91 Å². The topological polar surface area (TPSA) is 85.8 Å². The van der Waals surface area contributed by atoms with E-state index < -0.39 is 11.5 Å². The zero-order chi connectivity index (χ0) is 19.9. The lowest BCUT2D eigenvalue weighted by atomic mass is 9.70. The maximum atomic E-state index is 12.8. The number of hydrogen-bond acceptors (Lipinski definition) is 4. The molecular weight excluding hydrogens is 356 g/mol. The van der Waals surface area contributed by atoms with Crippen molar-refractivity contribution in [1.29, 1.82) is 0 Å². The van der Waals surface area contributed by atoms with Crippen LogP contribution in [-0.2, 0) is 10.2 Å². The summed E-state index contributed by atoms with van der Waals surface area (Å²) in [6.45, 7) is 6.37. The van der Waals surface area contributed by atoms with Gasteiger partial charge in [0.15, 0.2) is 0 Å². The monoisotopic (exact) mass is 386 g/mol. The van der Waals surface area contributed by atoms with Crippen LogP contribution in [0, 0.1) is 6.92 Å². The number of amides is 2. The minimum absolute atomic E-state index is 0.0516. The summed E-state index contributed by atoms with van der Waals surface area (Å²) in [5.74, 6) is 0.0957. The standard InChI is InChI=1S/C21H30N4O3/c1-3-15-13-24(11-4-12-25(15)20(27)28)16-7-9-21(10-8-16)18-17(23-19(21)26)6-5-14(2)22-18/h5-6,15-16H,3-4,7-13H2,1-2H3,(H,23,26)(H,27,28). The van der Waals surface area contributed by atoms with Gasteiger partial charge in [-0.2, -0.15) is 0 Å². The smallest absolute Gasteiger partial charge is 0.407 e. The Kier molecular flexibility index (Phi) is 5.04. The highest BCUT2D eigenvalue weighted by molar-refractivity contribution is 6.05. The van der Waals surface area contributed by atoms with Crippen molar-refractivity contribution in [2.24, 2.45) is 0 Å². The van der Waals surface area contributed by atoms with Crippen molar-refractivity contribution in [1.82, 2.24) is 14.8 Å². The van der Waals surface area contributed by atoms with E-state index in [-0.39, 0.29) is 11.9 Å². The molecule has 7 heteroatoms. The molecule has 1 aromatic rings. The molecule has 2 amide bonds. The van der Waals surface area contributed by atoms with E-state index in [0.29, 0.717) is 12.6 Å². The summed E-state index contributed by atoms with van der Waals surface area (Å²) >= 11 is 0. The molecule has 3 aliphatic rings. The maximum Gasteiger partial charge on any atom is 0.407 e. The molecule has 1 spiro atoms. The van der Waals surface area contributed by atoms with E-state index in [1.807, 2.05) is 19.1 Å². The van der Waals surface area contributed by atoms with Crippen molar-refractivity contribution in [2.75, 3.05) is 25.0 Å². The number of carbonyl (C=O) groups excluding carboxylic acids is 1. The third-order valence-electron chi connectivity index (χ3n) is 6.94. The second kappa shape index (κ2) is 7.35. The number of aryl methyl sites for hydroxylation is 1. The summed E-state index contributed by atoms with van der Waals surface area (Å²) in [4.78, 5) is 33.2. The molecule has 152 valence electrons. The zero-order valence-electron chi connectivity index (χ0n) is 16.8. The number of anilines is 1. The first-order chi connectivity index (χ1) is 13.4. The van der Waals surface area contributed by atoms with E-state index in [4.69, 9.17) is 4.98 Å². The van der Waals surface area contributed by atoms with E-state index in [1.54, 1.807) is 4.90 Å². The van der Waals surface area contributed by atoms with Crippen molar-refractivity contribution < 1.29 is 14.7 Å². The minimum atomic E-state index is -0.808. The van der Waals surface area contributed by atoms with Crippen LogP contribution in [0.2, 0.25) is 0 Å². The van der Waals surface area contributed by atoms with Gasteiger partial charge in [0.1, 0.15) is 0 Å². The Morgan fingerprint density at radius 1 is 1.32 bits per heavy atom. The number of fused-ring (bicyclic) bond motifs is 2. The lowest BCUT2D eigenvalue weighted by Crippen LogP contribution is -2.49. The molecule has 2 fully saturated rings. The van der Waals surface area contributed by atoms with E-state index in [1.165, 1.54) is 0 Å². The molecule has 1 saturated heterocycles. The fraction of sp³-hybridized carbons (Fsp3) is 0.667. The predicted octanol–water partition coefficient (Wildman–Crippen LogP) is 2.99. The van der Waals surface area contributed by atoms with Crippen LogP contribution < -0.4 is 5.32 Å². The number of hydrogen-bond donors (Lipinski definition) is 2. The van der Waals surface area contributed by atoms with Crippen LogP contribution >= 0.6 is 0 Å².